The molecule has 7 heteroatoms. The average molecular weight is 506 g/mol. The van der Waals surface area contributed by atoms with Gasteiger partial charge in [-0.1, -0.05) is 110 Å². The van der Waals surface area contributed by atoms with Crippen LogP contribution in [0.25, 0.3) is 0 Å². The zero-order valence-corrected chi connectivity index (χ0v) is 23.8. The van der Waals surface area contributed by atoms with Gasteiger partial charge in [-0.05, 0) is 33.4 Å². The quantitative estimate of drug-likeness (QED) is 0.0950. The summed E-state index contributed by atoms with van der Waals surface area (Å²) >= 11 is 0. The molecule has 1 N–H and O–H groups in total. The van der Waals surface area contributed by atoms with E-state index in [4.69, 9.17) is 9.05 Å². The molecule has 0 spiro atoms. The van der Waals surface area contributed by atoms with Crippen molar-refractivity contribution < 1.29 is 23.3 Å². The summed E-state index contributed by atoms with van der Waals surface area (Å²) < 4.78 is 22.2. The van der Waals surface area contributed by atoms with E-state index in [0.29, 0.717) is 13.0 Å². The summed E-state index contributed by atoms with van der Waals surface area (Å²) in [7, 11) is -0.323. The Balaban J connectivity index is 3.72. The number of carbonyl (C=O) groups excluding carboxylic acids is 1. The summed E-state index contributed by atoms with van der Waals surface area (Å²) in [5.41, 5.74) is 0. The Morgan fingerprint density at radius 2 is 1.24 bits per heavy atom. The molecule has 0 amide bonds. The molecule has 0 saturated carbocycles. The summed E-state index contributed by atoms with van der Waals surface area (Å²) in [6, 6.07) is 0. The van der Waals surface area contributed by atoms with Crippen LogP contribution >= 0.6 is 7.82 Å². The van der Waals surface area contributed by atoms with E-state index in [1.54, 1.807) is 6.92 Å². The van der Waals surface area contributed by atoms with Gasteiger partial charge in [0, 0.05) is 13.0 Å². The number of ketones is 1. The van der Waals surface area contributed by atoms with Gasteiger partial charge >= 0.3 is 7.82 Å². The first-order chi connectivity index (χ1) is 16.3. The van der Waals surface area contributed by atoms with Crippen molar-refractivity contribution in [3.8, 4) is 0 Å². The first kappa shape index (κ1) is 33.7. The van der Waals surface area contributed by atoms with E-state index in [2.05, 4.69) is 6.92 Å². The first-order valence-electron chi connectivity index (χ1n) is 14.0. The highest BCUT2D eigenvalue weighted by Crippen LogP contribution is 2.43. The van der Waals surface area contributed by atoms with Crippen LogP contribution in [0.4, 0.5) is 0 Å². The van der Waals surface area contributed by atoms with Gasteiger partial charge in [0.1, 0.15) is 5.78 Å². The number of phosphoric ester groups is 1. The Labute approximate surface area is 211 Å². The number of hydrogen-bond donors (Lipinski definition) is 1. The maximum Gasteiger partial charge on any atom is 0.472 e. The minimum Gasteiger partial charge on any atom is -0.307 e. The first-order valence-corrected chi connectivity index (χ1v) is 15.5. The number of likely N-dealkylation sites (N-methyl/N-ethyl adjacent to an activating group) is 1. The molecule has 0 heterocycles. The normalized spacial score (nSPS) is 14.4. The molecule has 0 aliphatic carbocycles. The lowest BCUT2D eigenvalue weighted by Crippen LogP contribution is -2.18. The van der Waals surface area contributed by atoms with Crippen LogP contribution in [-0.4, -0.2) is 49.4 Å². The Morgan fingerprint density at radius 3 is 1.65 bits per heavy atom. The minimum absolute atomic E-state index is 0.0259. The van der Waals surface area contributed by atoms with Gasteiger partial charge in [0.2, 0.25) is 0 Å². The molecular formula is C27H56NO5P. The lowest BCUT2D eigenvalue weighted by Gasteiger charge is -2.19. The molecule has 0 bridgehead atoms. The summed E-state index contributed by atoms with van der Waals surface area (Å²) in [6.07, 6.45) is 22.5. The van der Waals surface area contributed by atoms with Gasteiger partial charge in [0.05, 0.1) is 13.2 Å². The minimum atomic E-state index is -4.06. The third-order valence-electron chi connectivity index (χ3n) is 6.31. The lowest BCUT2D eigenvalue weighted by atomic mass is 9.96. The second-order valence-corrected chi connectivity index (χ2v) is 11.7. The molecule has 0 aliphatic rings. The third kappa shape index (κ3) is 24.9. The maximum absolute atomic E-state index is 12.0. The van der Waals surface area contributed by atoms with Gasteiger partial charge in [-0.2, -0.15) is 0 Å². The van der Waals surface area contributed by atoms with Crippen LogP contribution in [0.15, 0.2) is 0 Å². The Hall–Kier alpha value is -0.260. The van der Waals surface area contributed by atoms with Crippen LogP contribution in [0.2, 0.25) is 0 Å². The number of rotatable bonds is 26. The molecule has 0 saturated heterocycles. The molecule has 0 aromatic rings. The standard InChI is InChI=1S/C27H56NO5P/c1-5-6-7-8-9-10-11-12-13-14-15-16-17-18-19-20-21-27(24-26(2)29)25-33-34(30,31)32-23-22-28(3)4/h27H,5-25H2,1-4H3,(H,30,31). The number of carbonyl (C=O) groups is 1. The van der Waals surface area contributed by atoms with E-state index < -0.39 is 7.82 Å². The largest absolute Gasteiger partial charge is 0.472 e. The van der Waals surface area contributed by atoms with Crippen molar-refractivity contribution in [3.05, 3.63) is 0 Å². The zero-order chi connectivity index (χ0) is 25.5. The third-order valence-corrected chi connectivity index (χ3v) is 7.29. The second kappa shape index (κ2) is 23.2. The van der Waals surface area contributed by atoms with Crippen molar-refractivity contribution in [2.24, 2.45) is 5.92 Å². The smallest absolute Gasteiger partial charge is 0.307 e. The van der Waals surface area contributed by atoms with Crippen LogP contribution in [0.3, 0.4) is 0 Å². The fourth-order valence-corrected chi connectivity index (χ4v) is 4.99. The van der Waals surface area contributed by atoms with E-state index in [0.717, 1.165) is 19.3 Å². The highest BCUT2D eigenvalue weighted by atomic mass is 31.2. The zero-order valence-electron chi connectivity index (χ0n) is 22.9. The van der Waals surface area contributed by atoms with Gasteiger partial charge < -0.3 is 14.6 Å². The van der Waals surface area contributed by atoms with Gasteiger partial charge in [-0.25, -0.2) is 4.57 Å². The van der Waals surface area contributed by atoms with Gasteiger partial charge in [0.15, 0.2) is 0 Å². The molecule has 0 aromatic carbocycles. The lowest BCUT2D eigenvalue weighted by molar-refractivity contribution is -0.118. The SMILES string of the molecule is CCCCCCCCCCCCCCCCCCC(COP(=O)(O)OCCN(C)C)CC(C)=O. The Morgan fingerprint density at radius 1 is 0.794 bits per heavy atom. The molecule has 0 radical (unpaired) electrons. The molecule has 2 unspecified atom stereocenters. The summed E-state index contributed by atoms with van der Waals surface area (Å²) in [4.78, 5) is 23.3. The predicted molar refractivity (Wildman–Crippen MR) is 143 cm³/mol. The molecule has 0 rings (SSSR count). The van der Waals surface area contributed by atoms with Gasteiger partial charge in [-0.15, -0.1) is 0 Å². The van der Waals surface area contributed by atoms with Crippen molar-refractivity contribution in [1.29, 1.82) is 0 Å². The Bertz CT molecular complexity index is 515. The monoisotopic (exact) mass is 505 g/mol. The van der Waals surface area contributed by atoms with Crippen LogP contribution in [0, 0.1) is 5.92 Å². The predicted octanol–water partition coefficient (Wildman–Crippen LogP) is 7.93. The fourth-order valence-electron chi connectivity index (χ4n) is 4.21. The van der Waals surface area contributed by atoms with Crippen LogP contribution < -0.4 is 0 Å². The Kier molecular flexibility index (Phi) is 23.0. The average Bonchev–Trinajstić information content (AvgIpc) is 2.76. The van der Waals surface area contributed by atoms with Crippen LogP contribution in [0.5, 0.6) is 0 Å². The van der Waals surface area contributed by atoms with Crippen LogP contribution in [0.1, 0.15) is 129 Å². The summed E-state index contributed by atoms with van der Waals surface area (Å²) in [5, 5.41) is 0. The maximum atomic E-state index is 12.0. The van der Waals surface area contributed by atoms with E-state index in [1.807, 2.05) is 19.0 Å². The molecule has 6 nitrogen and oxygen atoms in total. The van der Waals surface area contributed by atoms with Crippen molar-refractivity contribution in [3.63, 3.8) is 0 Å². The summed E-state index contributed by atoms with van der Waals surface area (Å²) in [5.74, 6) is 0.0634. The van der Waals surface area contributed by atoms with Crippen molar-refractivity contribution in [1.82, 2.24) is 4.90 Å². The number of phosphoric acid groups is 1. The number of unbranched alkanes of at least 4 members (excludes halogenated alkanes) is 15. The van der Waals surface area contributed by atoms with Gasteiger partial charge in [-0.3, -0.25) is 9.05 Å². The molecular weight excluding hydrogens is 449 g/mol. The molecule has 0 aliphatic heterocycles. The molecule has 0 fully saturated rings. The second-order valence-electron chi connectivity index (χ2n) is 10.3. The highest BCUT2D eigenvalue weighted by molar-refractivity contribution is 7.47. The van der Waals surface area contributed by atoms with Crippen LogP contribution in [-0.2, 0) is 18.4 Å². The number of hydrogen-bond acceptors (Lipinski definition) is 5. The summed E-state index contributed by atoms with van der Waals surface area (Å²) in [6.45, 7) is 4.61. The molecule has 204 valence electrons. The molecule has 0 aromatic heterocycles. The highest BCUT2D eigenvalue weighted by Gasteiger charge is 2.23. The molecule has 2 atom stereocenters. The molecule has 34 heavy (non-hydrogen) atoms. The van der Waals surface area contributed by atoms with Crippen molar-refractivity contribution in [2.75, 3.05) is 33.9 Å². The van der Waals surface area contributed by atoms with E-state index >= 15 is 0 Å². The van der Waals surface area contributed by atoms with Gasteiger partial charge in [0.25, 0.3) is 0 Å². The topological polar surface area (TPSA) is 76.1 Å². The van der Waals surface area contributed by atoms with Crippen molar-refractivity contribution >= 4 is 13.6 Å². The fraction of sp³-hybridized carbons (Fsp3) is 0.963. The van der Waals surface area contributed by atoms with Crippen molar-refractivity contribution in [2.45, 2.75) is 129 Å². The number of Topliss-reactive ketones (excluding diaryl/α,β-unsaturated/α-hetero) is 1. The van der Waals surface area contributed by atoms with E-state index in [-0.39, 0.29) is 24.9 Å². The van der Waals surface area contributed by atoms with E-state index in [9.17, 15) is 14.3 Å². The number of nitrogens with zero attached hydrogens (tertiary/aromatic N) is 1. The van der Waals surface area contributed by atoms with E-state index in [1.165, 1.54) is 89.9 Å².